The van der Waals surface area contributed by atoms with Crippen molar-refractivity contribution in [3.05, 3.63) is 95.1 Å². The Morgan fingerprint density at radius 2 is 1.60 bits per heavy atom. The fourth-order valence-electron chi connectivity index (χ4n) is 3.23. The summed E-state index contributed by atoms with van der Waals surface area (Å²) in [6.07, 6.45) is 3.04. The van der Waals surface area contributed by atoms with Crippen LogP contribution in [0.2, 0.25) is 0 Å². The highest BCUT2D eigenvalue weighted by Gasteiger charge is 2.09. The fourth-order valence-corrected chi connectivity index (χ4v) is 3.23. The second kappa shape index (κ2) is 8.71. The zero-order valence-corrected chi connectivity index (χ0v) is 16.5. The molecular formula is C24H20N4O2. The molecule has 6 nitrogen and oxygen atoms in total. The topological polar surface area (TPSA) is 88.9 Å². The van der Waals surface area contributed by atoms with Crippen molar-refractivity contribution in [1.29, 1.82) is 0 Å². The van der Waals surface area contributed by atoms with Gasteiger partial charge in [-0.1, -0.05) is 12.1 Å². The van der Waals surface area contributed by atoms with E-state index in [4.69, 9.17) is 4.98 Å². The SMILES string of the molecule is Cc1ccnc(-c2cc(Cc3cccc(-c4cccc(C=O)n4)n3)cc(CO)n2)c1. The number of aryl methyl sites for hydroxylation is 1. The molecule has 30 heavy (non-hydrogen) atoms. The largest absolute Gasteiger partial charge is 0.390 e. The van der Waals surface area contributed by atoms with Crippen LogP contribution in [-0.2, 0) is 13.0 Å². The van der Waals surface area contributed by atoms with Crippen molar-refractivity contribution < 1.29 is 9.90 Å². The van der Waals surface area contributed by atoms with Crippen molar-refractivity contribution in [3.8, 4) is 22.8 Å². The molecule has 0 aromatic carbocycles. The molecular weight excluding hydrogens is 376 g/mol. The summed E-state index contributed by atoms with van der Waals surface area (Å²) in [6, 6.07) is 18.8. The minimum absolute atomic E-state index is 0.150. The van der Waals surface area contributed by atoms with Gasteiger partial charge in [-0.05, 0) is 66.6 Å². The first kappa shape index (κ1) is 19.5. The minimum atomic E-state index is -0.150. The van der Waals surface area contributed by atoms with Crippen LogP contribution in [0.1, 0.15) is 33.0 Å². The number of nitrogens with zero attached hydrogens (tertiary/aromatic N) is 4. The summed E-state index contributed by atoms with van der Waals surface area (Å²) in [7, 11) is 0. The number of hydrogen-bond acceptors (Lipinski definition) is 6. The van der Waals surface area contributed by atoms with Crippen molar-refractivity contribution in [3.63, 3.8) is 0 Å². The first-order chi connectivity index (χ1) is 14.6. The Kier molecular flexibility index (Phi) is 5.68. The molecule has 0 saturated carbocycles. The van der Waals surface area contributed by atoms with E-state index in [-0.39, 0.29) is 6.61 Å². The number of pyridine rings is 4. The smallest absolute Gasteiger partial charge is 0.168 e. The molecule has 0 amide bonds. The Morgan fingerprint density at radius 1 is 0.833 bits per heavy atom. The third-order valence-electron chi connectivity index (χ3n) is 4.62. The maximum atomic E-state index is 11.0. The molecule has 0 aliphatic rings. The summed E-state index contributed by atoms with van der Waals surface area (Å²) in [5.41, 5.74) is 6.72. The number of aldehydes is 1. The summed E-state index contributed by atoms with van der Waals surface area (Å²) in [6.45, 7) is 1.85. The molecule has 4 heterocycles. The van der Waals surface area contributed by atoms with Crippen LogP contribution in [-0.4, -0.2) is 31.3 Å². The molecule has 4 aromatic heterocycles. The highest BCUT2D eigenvalue weighted by Crippen LogP contribution is 2.21. The molecule has 4 rings (SSSR count). The van der Waals surface area contributed by atoms with Crippen LogP contribution in [0.3, 0.4) is 0 Å². The Balaban J connectivity index is 1.67. The van der Waals surface area contributed by atoms with Gasteiger partial charge in [0, 0.05) is 18.3 Å². The lowest BCUT2D eigenvalue weighted by molar-refractivity contribution is 0.111. The van der Waals surface area contributed by atoms with Gasteiger partial charge in [0.2, 0.25) is 0 Å². The third-order valence-corrected chi connectivity index (χ3v) is 4.62. The molecule has 0 bridgehead atoms. The van der Waals surface area contributed by atoms with E-state index >= 15 is 0 Å². The molecule has 0 atom stereocenters. The molecule has 6 heteroatoms. The minimum Gasteiger partial charge on any atom is -0.390 e. The second-order valence-electron chi connectivity index (χ2n) is 6.99. The zero-order chi connectivity index (χ0) is 20.9. The number of aromatic nitrogens is 4. The van der Waals surface area contributed by atoms with Crippen LogP contribution in [0.15, 0.2) is 66.9 Å². The molecule has 0 aliphatic carbocycles. The average Bonchev–Trinajstić information content (AvgIpc) is 2.79. The lowest BCUT2D eigenvalue weighted by Crippen LogP contribution is -2.00. The maximum Gasteiger partial charge on any atom is 0.168 e. The molecule has 0 unspecified atom stereocenters. The normalized spacial score (nSPS) is 10.7. The predicted molar refractivity (Wildman–Crippen MR) is 114 cm³/mol. The first-order valence-electron chi connectivity index (χ1n) is 9.57. The highest BCUT2D eigenvalue weighted by molar-refractivity contribution is 5.73. The van der Waals surface area contributed by atoms with Crippen molar-refractivity contribution in [1.82, 2.24) is 19.9 Å². The molecule has 0 fully saturated rings. The van der Waals surface area contributed by atoms with Gasteiger partial charge in [-0.3, -0.25) is 14.8 Å². The molecule has 0 spiro atoms. The van der Waals surface area contributed by atoms with E-state index in [0.717, 1.165) is 34.5 Å². The van der Waals surface area contributed by atoms with Crippen LogP contribution in [0.4, 0.5) is 0 Å². The van der Waals surface area contributed by atoms with Gasteiger partial charge in [-0.2, -0.15) is 0 Å². The number of hydrogen-bond donors (Lipinski definition) is 1. The first-order valence-corrected chi connectivity index (χ1v) is 9.57. The van der Waals surface area contributed by atoms with Gasteiger partial charge < -0.3 is 5.11 Å². The van der Waals surface area contributed by atoms with Gasteiger partial charge in [-0.15, -0.1) is 0 Å². The molecule has 0 aliphatic heterocycles. The van der Waals surface area contributed by atoms with E-state index < -0.39 is 0 Å². The number of rotatable bonds is 6. The van der Waals surface area contributed by atoms with Gasteiger partial charge in [0.15, 0.2) is 6.29 Å². The van der Waals surface area contributed by atoms with Crippen LogP contribution in [0.5, 0.6) is 0 Å². The van der Waals surface area contributed by atoms with Gasteiger partial charge >= 0.3 is 0 Å². The van der Waals surface area contributed by atoms with Crippen LogP contribution < -0.4 is 0 Å². The lowest BCUT2D eigenvalue weighted by Gasteiger charge is -2.09. The molecule has 1 N–H and O–H groups in total. The maximum absolute atomic E-state index is 11.0. The monoisotopic (exact) mass is 396 g/mol. The van der Waals surface area contributed by atoms with Gasteiger partial charge in [0.1, 0.15) is 5.69 Å². The average molecular weight is 396 g/mol. The van der Waals surface area contributed by atoms with Crippen molar-refractivity contribution in [2.45, 2.75) is 20.0 Å². The summed E-state index contributed by atoms with van der Waals surface area (Å²) in [5, 5.41) is 9.66. The molecule has 0 radical (unpaired) electrons. The zero-order valence-electron chi connectivity index (χ0n) is 16.5. The molecule has 4 aromatic rings. The van der Waals surface area contributed by atoms with Gasteiger partial charge in [0.25, 0.3) is 0 Å². The number of aliphatic hydroxyl groups excluding tert-OH is 1. The Bertz CT molecular complexity index is 1210. The van der Waals surface area contributed by atoms with E-state index in [1.165, 1.54) is 0 Å². The van der Waals surface area contributed by atoms with Crippen LogP contribution in [0, 0.1) is 6.92 Å². The van der Waals surface area contributed by atoms with Crippen LogP contribution in [0.25, 0.3) is 22.8 Å². The fraction of sp³-hybridized carbons (Fsp3) is 0.125. The number of aliphatic hydroxyl groups is 1. The molecule has 148 valence electrons. The van der Waals surface area contributed by atoms with E-state index in [1.807, 2.05) is 55.5 Å². The number of carbonyl (C=O) groups excluding carboxylic acids is 1. The van der Waals surface area contributed by atoms with E-state index in [0.29, 0.717) is 29.2 Å². The van der Waals surface area contributed by atoms with E-state index in [2.05, 4.69) is 15.0 Å². The Morgan fingerprint density at radius 3 is 2.37 bits per heavy atom. The Labute approximate surface area is 174 Å². The van der Waals surface area contributed by atoms with Crippen molar-refractivity contribution >= 4 is 6.29 Å². The van der Waals surface area contributed by atoms with Gasteiger partial charge in [-0.25, -0.2) is 9.97 Å². The van der Waals surface area contributed by atoms with Crippen LogP contribution >= 0.6 is 0 Å². The van der Waals surface area contributed by atoms with E-state index in [9.17, 15) is 9.90 Å². The third kappa shape index (κ3) is 4.45. The predicted octanol–water partition coefficient (Wildman–Crippen LogP) is 3.80. The quantitative estimate of drug-likeness (QED) is 0.499. The van der Waals surface area contributed by atoms with E-state index in [1.54, 1.807) is 18.3 Å². The second-order valence-corrected chi connectivity index (χ2v) is 6.99. The summed E-state index contributed by atoms with van der Waals surface area (Å²) < 4.78 is 0. The highest BCUT2D eigenvalue weighted by atomic mass is 16.3. The molecule has 0 saturated heterocycles. The summed E-state index contributed by atoms with van der Waals surface area (Å²) >= 11 is 0. The summed E-state index contributed by atoms with van der Waals surface area (Å²) in [5.74, 6) is 0. The lowest BCUT2D eigenvalue weighted by atomic mass is 10.1. The Hall–Kier alpha value is -3.77. The standard InChI is InChI=1S/C24H20N4O2/c1-16-8-9-25-23(10-16)24-13-17(12-20(15-30)28-24)11-18-4-2-6-21(26-18)22-7-3-5-19(14-29)27-22/h2-10,12-14,30H,11,15H2,1H3. The summed E-state index contributed by atoms with van der Waals surface area (Å²) in [4.78, 5) is 29.0. The van der Waals surface area contributed by atoms with Crippen molar-refractivity contribution in [2.24, 2.45) is 0 Å². The number of carbonyl (C=O) groups is 1. The van der Waals surface area contributed by atoms with Crippen molar-refractivity contribution in [2.75, 3.05) is 0 Å². The van der Waals surface area contributed by atoms with Gasteiger partial charge in [0.05, 0.1) is 35.1 Å².